The maximum absolute atomic E-state index is 13.2. The van der Waals surface area contributed by atoms with Gasteiger partial charge in [-0.1, -0.05) is 12.1 Å². The second kappa shape index (κ2) is 11.1. The normalized spacial score (nSPS) is 17.7. The van der Waals surface area contributed by atoms with E-state index in [1.54, 1.807) is 18.3 Å². The Morgan fingerprint density at radius 1 is 1.12 bits per heavy atom. The zero-order valence-electron chi connectivity index (χ0n) is 22.3. The summed E-state index contributed by atoms with van der Waals surface area (Å²) in [6, 6.07) is 18.5. The van der Waals surface area contributed by atoms with Crippen LogP contribution in [-0.2, 0) is 16.4 Å². The van der Waals surface area contributed by atoms with Crippen molar-refractivity contribution in [3.63, 3.8) is 0 Å². The van der Waals surface area contributed by atoms with Crippen molar-refractivity contribution >= 4 is 38.7 Å². The minimum atomic E-state index is -3.94. The topological polar surface area (TPSA) is 118 Å². The molecule has 0 radical (unpaired) electrons. The first-order valence-electron chi connectivity index (χ1n) is 13.3. The number of likely N-dealkylation sites (N-methyl/N-ethyl adjacent to an activating group) is 1. The number of carbonyl (C=O) groups excluding carboxylic acids is 2. The summed E-state index contributed by atoms with van der Waals surface area (Å²) in [6.07, 6.45) is 4.09. The van der Waals surface area contributed by atoms with Crippen LogP contribution in [0.5, 0.6) is 5.75 Å². The highest BCUT2D eigenvalue weighted by Gasteiger charge is 2.31. The van der Waals surface area contributed by atoms with Gasteiger partial charge < -0.3 is 20.3 Å². The number of anilines is 1. The van der Waals surface area contributed by atoms with Crippen molar-refractivity contribution < 1.29 is 22.7 Å². The molecule has 3 aromatic carbocycles. The van der Waals surface area contributed by atoms with E-state index in [4.69, 9.17) is 4.74 Å². The third-order valence-corrected chi connectivity index (χ3v) is 10.3. The van der Waals surface area contributed by atoms with Crippen molar-refractivity contribution in [1.29, 1.82) is 0 Å². The van der Waals surface area contributed by atoms with Gasteiger partial charge in [0.25, 0.3) is 11.8 Å². The fourth-order valence-corrected chi connectivity index (χ4v) is 7.52. The number of carbonyl (C=O) groups is 2. The van der Waals surface area contributed by atoms with Gasteiger partial charge in [-0.2, -0.15) is 0 Å². The van der Waals surface area contributed by atoms with Gasteiger partial charge in [-0.05, 0) is 81.0 Å². The molecule has 2 amide bonds. The molecule has 6 rings (SSSR count). The molecule has 1 fully saturated rings. The van der Waals surface area contributed by atoms with E-state index in [2.05, 4.69) is 27.6 Å². The number of thiazole rings is 1. The Morgan fingerprint density at radius 3 is 2.71 bits per heavy atom. The monoisotopic (exact) mass is 588 g/mol. The zero-order valence-corrected chi connectivity index (χ0v) is 23.9. The summed E-state index contributed by atoms with van der Waals surface area (Å²) in [5.74, 6) is -0.115. The number of benzene rings is 3. The molecule has 3 heterocycles. The van der Waals surface area contributed by atoms with E-state index >= 15 is 0 Å². The molecule has 4 aromatic rings. The second-order valence-corrected chi connectivity index (χ2v) is 13.1. The quantitative estimate of drug-likeness (QED) is 0.324. The lowest BCUT2D eigenvalue weighted by molar-refractivity contribution is 0.0949. The van der Waals surface area contributed by atoms with E-state index in [0.717, 1.165) is 34.2 Å². The van der Waals surface area contributed by atoms with Crippen LogP contribution in [0.2, 0.25) is 0 Å². The first kappa shape index (κ1) is 27.1. The minimum absolute atomic E-state index is 0.0539. The highest BCUT2D eigenvalue weighted by atomic mass is 32.2. The van der Waals surface area contributed by atoms with Gasteiger partial charge in [0, 0.05) is 28.2 Å². The predicted molar refractivity (Wildman–Crippen MR) is 156 cm³/mol. The SMILES string of the molecule is CN1CCC[C@@H]1COc1ccc(-c2ncc(CNC(=O)c3ccc4c(c3)NC(=O)c3ccccc3S4(=O)=O)s2)cc1. The maximum Gasteiger partial charge on any atom is 0.257 e. The van der Waals surface area contributed by atoms with E-state index < -0.39 is 21.7 Å². The van der Waals surface area contributed by atoms with E-state index in [-0.39, 0.29) is 33.2 Å². The first-order valence-corrected chi connectivity index (χ1v) is 15.6. The Morgan fingerprint density at radius 2 is 1.93 bits per heavy atom. The Hall–Kier alpha value is -4.06. The standard InChI is InChI=1S/C30H28N4O5S2/c1-34-14-4-5-21(34)18-39-22-11-8-19(9-12-22)30-32-17-23(40-30)16-31-28(35)20-10-13-27-25(15-20)33-29(36)24-6-2-3-7-26(24)41(27,37)38/h2-3,6-13,15,17,21H,4-5,14,16,18H2,1H3,(H,31,35)(H,33,36)/t21-/m1/s1. The van der Waals surface area contributed by atoms with Gasteiger partial charge in [-0.25, -0.2) is 13.4 Å². The number of hydrogen-bond acceptors (Lipinski definition) is 8. The van der Waals surface area contributed by atoms with Crippen molar-refractivity contribution in [1.82, 2.24) is 15.2 Å². The Balaban J connectivity index is 1.10. The minimum Gasteiger partial charge on any atom is -0.492 e. The molecule has 1 aromatic heterocycles. The van der Waals surface area contributed by atoms with Crippen LogP contribution in [-0.4, -0.2) is 56.4 Å². The number of hydrogen-bond donors (Lipinski definition) is 2. The number of aromatic nitrogens is 1. The molecule has 0 spiro atoms. The summed E-state index contributed by atoms with van der Waals surface area (Å²) >= 11 is 1.47. The number of ether oxygens (including phenoxy) is 1. The summed E-state index contributed by atoms with van der Waals surface area (Å²) in [5.41, 5.74) is 1.33. The van der Waals surface area contributed by atoms with Gasteiger partial charge in [0.1, 0.15) is 17.4 Å². The molecule has 1 atom stereocenters. The Bertz CT molecular complexity index is 1730. The van der Waals surface area contributed by atoms with Crippen molar-refractivity contribution in [2.45, 2.75) is 35.2 Å². The fraction of sp³-hybridized carbons (Fsp3) is 0.233. The number of amides is 2. The number of nitrogens with one attached hydrogen (secondary N) is 2. The lowest BCUT2D eigenvalue weighted by atomic mass is 10.1. The van der Waals surface area contributed by atoms with Gasteiger partial charge in [0.15, 0.2) is 0 Å². The summed E-state index contributed by atoms with van der Waals surface area (Å²) in [7, 11) is -1.81. The molecule has 1 saturated heterocycles. The molecular weight excluding hydrogens is 560 g/mol. The summed E-state index contributed by atoms with van der Waals surface area (Å²) in [5, 5.41) is 6.32. The average molecular weight is 589 g/mol. The number of likely N-dealkylation sites (tertiary alicyclic amines) is 1. The molecule has 11 heteroatoms. The van der Waals surface area contributed by atoms with Gasteiger partial charge in [-0.3, -0.25) is 9.59 Å². The lowest BCUT2D eigenvalue weighted by Gasteiger charge is -2.19. The number of nitrogens with zero attached hydrogens (tertiary/aromatic N) is 2. The van der Waals surface area contributed by atoms with Crippen molar-refractivity contribution in [3.05, 3.63) is 88.9 Å². The van der Waals surface area contributed by atoms with Crippen molar-refractivity contribution in [2.24, 2.45) is 0 Å². The van der Waals surface area contributed by atoms with Crippen LogP contribution >= 0.6 is 11.3 Å². The molecule has 210 valence electrons. The molecule has 2 aliphatic rings. The Labute approximate surface area is 242 Å². The smallest absolute Gasteiger partial charge is 0.257 e. The first-order chi connectivity index (χ1) is 19.8. The van der Waals surface area contributed by atoms with Gasteiger partial charge in [-0.15, -0.1) is 11.3 Å². The summed E-state index contributed by atoms with van der Waals surface area (Å²) < 4.78 is 32.3. The largest absolute Gasteiger partial charge is 0.492 e. The third-order valence-electron chi connectivity index (χ3n) is 7.39. The molecule has 2 N–H and O–H groups in total. The lowest BCUT2D eigenvalue weighted by Crippen LogP contribution is -2.30. The number of rotatable bonds is 7. The third kappa shape index (κ3) is 5.48. The maximum atomic E-state index is 13.2. The van der Waals surface area contributed by atoms with Crippen LogP contribution in [0.4, 0.5) is 5.69 Å². The summed E-state index contributed by atoms with van der Waals surface area (Å²) in [6.45, 7) is 2.04. The molecule has 41 heavy (non-hydrogen) atoms. The average Bonchev–Trinajstić information content (AvgIpc) is 3.62. The molecule has 0 aliphatic carbocycles. The van der Waals surface area contributed by atoms with Crippen LogP contribution < -0.4 is 15.4 Å². The number of fused-ring (bicyclic) bond motifs is 2. The highest BCUT2D eigenvalue weighted by Crippen LogP contribution is 2.34. The van der Waals surface area contributed by atoms with Gasteiger partial charge in [0.2, 0.25) is 9.84 Å². The van der Waals surface area contributed by atoms with Crippen LogP contribution in [0, 0.1) is 0 Å². The van der Waals surface area contributed by atoms with Gasteiger partial charge in [0.05, 0.1) is 27.6 Å². The van der Waals surface area contributed by atoms with Crippen LogP contribution in [0.3, 0.4) is 0 Å². The van der Waals surface area contributed by atoms with E-state index in [1.165, 1.54) is 48.1 Å². The molecule has 0 unspecified atom stereocenters. The van der Waals surface area contributed by atoms with Crippen LogP contribution in [0.25, 0.3) is 10.6 Å². The summed E-state index contributed by atoms with van der Waals surface area (Å²) in [4.78, 5) is 33.2. The fourth-order valence-electron chi connectivity index (χ4n) is 5.07. The molecule has 9 nitrogen and oxygen atoms in total. The highest BCUT2D eigenvalue weighted by molar-refractivity contribution is 7.91. The van der Waals surface area contributed by atoms with Crippen LogP contribution in [0.15, 0.2) is 82.7 Å². The molecular formula is C30H28N4O5S2. The van der Waals surface area contributed by atoms with E-state index in [0.29, 0.717) is 12.6 Å². The zero-order chi connectivity index (χ0) is 28.6. The van der Waals surface area contributed by atoms with Crippen molar-refractivity contribution in [2.75, 3.05) is 25.5 Å². The van der Waals surface area contributed by atoms with Gasteiger partial charge >= 0.3 is 0 Å². The van der Waals surface area contributed by atoms with E-state index in [9.17, 15) is 18.0 Å². The van der Waals surface area contributed by atoms with E-state index in [1.807, 2.05) is 24.3 Å². The molecule has 0 bridgehead atoms. The van der Waals surface area contributed by atoms with Crippen LogP contribution in [0.1, 0.15) is 38.4 Å². The molecule has 2 aliphatic heterocycles. The Kier molecular flexibility index (Phi) is 7.33. The number of sulfone groups is 1. The molecule has 0 saturated carbocycles. The predicted octanol–water partition coefficient (Wildman–Crippen LogP) is 4.61. The second-order valence-electron chi connectivity index (χ2n) is 10.1. The van der Waals surface area contributed by atoms with Crippen molar-refractivity contribution in [3.8, 4) is 16.3 Å².